The molecule has 0 aliphatic carbocycles. The summed E-state index contributed by atoms with van der Waals surface area (Å²) in [5, 5.41) is 0. The number of H-pyrrole nitrogens is 1. The van der Waals surface area contributed by atoms with Crippen molar-refractivity contribution >= 4 is 22.6 Å². The molecular weight excluding hydrogens is 221 g/mol. The standard InChI is InChI=1S/C2H5I.C2HNO2/c1-2-3;4-1-2(5)3-1/h2H2,1H3;(H,3,4,5). The van der Waals surface area contributed by atoms with Gasteiger partial charge in [0.2, 0.25) is 0 Å². The number of nitrogens with one attached hydrogen (secondary N) is 1. The van der Waals surface area contributed by atoms with Gasteiger partial charge < -0.3 is 0 Å². The van der Waals surface area contributed by atoms with E-state index >= 15 is 0 Å². The Morgan fingerprint density at radius 1 is 1.50 bits per heavy atom. The molecule has 0 radical (unpaired) electrons. The molecule has 0 aliphatic heterocycles. The lowest BCUT2D eigenvalue weighted by Crippen LogP contribution is -1.88. The van der Waals surface area contributed by atoms with Crippen molar-refractivity contribution in [2.24, 2.45) is 0 Å². The highest BCUT2D eigenvalue weighted by Crippen LogP contribution is 1.69. The molecule has 1 N–H and O–H groups in total. The molecule has 46 valence electrons. The van der Waals surface area contributed by atoms with Crippen LogP contribution in [0.3, 0.4) is 0 Å². The van der Waals surface area contributed by atoms with E-state index in [-0.39, 0.29) is 0 Å². The molecule has 0 aromatic carbocycles. The minimum atomic E-state index is -0.468. The Morgan fingerprint density at radius 3 is 1.62 bits per heavy atom. The zero-order valence-corrected chi connectivity index (χ0v) is 6.56. The van der Waals surface area contributed by atoms with E-state index in [2.05, 4.69) is 29.5 Å². The largest absolute Gasteiger partial charge is 0.316 e. The molecule has 3 nitrogen and oxygen atoms in total. The van der Waals surface area contributed by atoms with Gasteiger partial charge in [-0.15, -0.1) is 0 Å². The van der Waals surface area contributed by atoms with E-state index in [1.807, 2.05) is 4.98 Å². The molecule has 0 fully saturated rings. The number of rotatable bonds is 0. The zero-order valence-electron chi connectivity index (χ0n) is 4.40. The van der Waals surface area contributed by atoms with Gasteiger partial charge in [-0.05, 0) is 4.43 Å². The average Bonchev–Trinajstić information content (AvgIpc) is 2.22. The maximum absolute atomic E-state index is 9.43. The third-order valence-corrected chi connectivity index (χ3v) is 0.371. The summed E-state index contributed by atoms with van der Waals surface area (Å²) in [7, 11) is 0. The van der Waals surface area contributed by atoms with E-state index in [0.29, 0.717) is 0 Å². The lowest BCUT2D eigenvalue weighted by molar-refractivity contribution is 1.56. The molecule has 0 bridgehead atoms. The van der Waals surface area contributed by atoms with E-state index in [9.17, 15) is 9.59 Å². The van der Waals surface area contributed by atoms with Crippen LogP contribution in [-0.4, -0.2) is 9.41 Å². The van der Waals surface area contributed by atoms with Crippen LogP contribution < -0.4 is 11.1 Å². The summed E-state index contributed by atoms with van der Waals surface area (Å²) in [5.41, 5.74) is -0.935. The van der Waals surface area contributed by atoms with E-state index < -0.39 is 11.1 Å². The number of alkyl halides is 1. The fraction of sp³-hybridized carbons (Fsp3) is 0.500. The first kappa shape index (κ1) is 7.87. The van der Waals surface area contributed by atoms with Crippen molar-refractivity contribution in [3.8, 4) is 0 Å². The van der Waals surface area contributed by atoms with E-state index in [0.717, 1.165) is 0 Å². The van der Waals surface area contributed by atoms with Crippen molar-refractivity contribution in [3.05, 3.63) is 20.7 Å². The van der Waals surface area contributed by atoms with Gasteiger partial charge in [-0.1, -0.05) is 29.5 Å². The summed E-state index contributed by atoms with van der Waals surface area (Å²) in [6, 6.07) is 0. The molecule has 0 unspecified atom stereocenters. The summed E-state index contributed by atoms with van der Waals surface area (Å²) in [4.78, 5) is 20.8. The smallest absolute Gasteiger partial charge is 0.280 e. The molecule has 0 aliphatic rings. The molecule has 1 heterocycles. The van der Waals surface area contributed by atoms with Gasteiger partial charge in [0.15, 0.2) is 0 Å². The van der Waals surface area contributed by atoms with E-state index in [4.69, 9.17) is 0 Å². The predicted molar refractivity (Wildman–Crippen MR) is 40.3 cm³/mol. The molecule has 1 rings (SSSR count). The monoisotopic (exact) mass is 227 g/mol. The van der Waals surface area contributed by atoms with Gasteiger partial charge in [0.05, 0.1) is 0 Å². The maximum Gasteiger partial charge on any atom is 0.316 e. The van der Waals surface area contributed by atoms with Crippen LogP contribution in [0, 0.1) is 0 Å². The summed E-state index contributed by atoms with van der Waals surface area (Å²) in [5.74, 6) is 0. The normalized spacial score (nSPS) is 8.25. The second kappa shape index (κ2) is 3.82. The van der Waals surface area contributed by atoms with Gasteiger partial charge in [0, 0.05) is 0 Å². The number of aromatic nitrogens is 1. The Hall–Kier alpha value is -0.130. The van der Waals surface area contributed by atoms with Gasteiger partial charge in [-0.2, -0.15) is 0 Å². The summed E-state index contributed by atoms with van der Waals surface area (Å²) >= 11 is 2.29. The van der Waals surface area contributed by atoms with Gasteiger partial charge in [0.1, 0.15) is 0 Å². The van der Waals surface area contributed by atoms with E-state index in [1.54, 1.807) is 0 Å². The fourth-order valence-corrected chi connectivity index (χ4v) is 0.0719. The minimum Gasteiger partial charge on any atom is -0.280 e. The fourth-order valence-electron chi connectivity index (χ4n) is 0.0719. The van der Waals surface area contributed by atoms with Gasteiger partial charge in [-0.25, -0.2) is 0 Å². The average molecular weight is 227 g/mol. The quantitative estimate of drug-likeness (QED) is 0.386. The summed E-state index contributed by atoms with van der Waals surface area (Å²) < 4.78 is 1.22. The lowest BCUT2D eigenvalue weighted by Gasteiger charge is -1.45. The predicted octanol–water partition coefficient (Wildman–Crippen LogP) is 0.0520. The van der Waals surface area contributed by atoms with Crippen molar-refractivity contribution in [3.63, 3.8) is 0 Å². The lowest BCUT2D eigenvalue weighted by atomic mass is 11.0. The molecule has 1 aromatic heterocycles. The Morgan fingerprint density at radius 2 is 1.62 bits per heavy atom. The Balaban J connectivity index is 0.000000145. The van der Waals surface area contributed by atoms with Crippen molar-refractivity contribution in [2.45, 2.75) is 6.92 Å². The highest BCUT2D eigenvalue weighted by atomic mass is 127. The van der Waals surface area contributed by atoms with Crippen LogP contribution in [0.2, 0.25) is 0 Å². The molecule has 8 heavy (non-hydrogen) atoms. The third-order valence-electron chi connectivity index (χ3n) is 0.371. The summed E-state index contributed by atoms with van der Waals surface area (Å²) in [6.07, 6.45) is 0. The van der Waals surface area contributed by atoms with Crippen LogP contribution in [-0.2, 0) is 0 Å². The molecule has 1 aromatic rings. The second-order valence-corrected chi connectivity index (χ2v) is 2.58. The molecule has 0 saturated heterocycles. The van der Waals surface area contributed by atoms with Crippen LogP contribution in [0.25, 0.3) is 0 Å². The first-order valence-electron chi connectivity index (χ1n) is 2.13. The number of hydrogen-bond donors (Lipinski definition) is 1. The van der Waals surface area contributed by atoms with Crippen molar-refractivity contribution in [2.75, 3.05) is 4.43 Å². The highest BCUT2D eigenvalue weighted by molar-refractivity contribution is 14.1. The van der Waals surface area contributed by atoms with Crippen LogP contribution in [0.1, 0.15) is 6.92 Å². The van der Waals surface area contributed by atoms with Crippen LogP contribution >= 0.6 is 22.6 Å². The SMILES string of the molecule is CCI.O=c1[nH]c1=O. The van der Waals surface area contributed by atoms with Crippen LogP contribution in [0.4, 0.5) is 0 Å². The minimum absolute atomic E-state index is 0.468. The topological polar surface area (TPSA) is 49.9 Å². The van der Waals surface area contributed by atoms with E-state index in [1.165, 1.54) is 4.43 Å². The van der Waals surface area contributed by atoms with Crippen LogP contribution in [0.5, 0.6) is 0 Å². The van der Waals surface area contributed by atoms with Gasteiger partial charge in [0.25, 0.3) is 0 Å². The second-order valence-electron chi connectivity index (χ2n) is 1.05. The van der Waals surface area contributed by atoms with Crippen molar-refractivity contribution in [1.29, 1.82) is 0 Å². The van der Waals surface area contributed by atoms with Crippen molar-refractivity contribution in [1.82, 2.24) is 4.98 Å². The highest BCUT2D eigenvalue weighted by Gasteiger charge is 1.96. The van der Waals surface area contributed by atoms with Gasteiger partial charge >= 0.3 is 11.1 Å². The number of aromatic amines is 1. The molecule has 4 heteroatoms. The molecule has 0 amide bonds. The number of halogens is 1. The first-order chi connectivity index (χ1) is 3.72. The Labute approximate surface area is 59.9 Å². The number of hydrogen-bond acceptors (Lipinski definition) is 2. The van der Waals surface area contributed by atoms with Crippen molar-refractivity contribution < 1.29 is 0 Å². The molecule has 0 spiro atoms. The summed E-state index contributed by atoms with van der Waals surface area (Å²) in [6.45, 7) is 2.11. The zero-order chi connectivity index (χ0) is 6.57. The maximum atomic E-state index is 9.43. The first-order valence-corrected chi connectivity index (χ1v) is 3.66. The third kappa shape index (κ3) is 4.04. The molecular formula is C4H6INO2. The van der Waals surface area contributed by atoms with Gasteiger partial charge in [-0.3, -0.25) is 14.6 Å². The Kier molecular flexibility index (Phi) is 3.76. The van der Waals surface area contributed by atoms with Crippen LogP contribution in [0.15, 0.2) is 9.59 Å². The molecule has 0 atom stereocenters. The molecule has 0 saturated carbocycles. The Bertz CT molecular complexity index is 176.